The van der Waals surface area contributed by atoms with Crippen molar-refractivity contribution in [3.63, 3.8) is 0 Å². The molecule has 8 heteroatoms. The molecule has 0 saturated carbocycles. The Hall–Kier alpha value is -3.39. The average molecular weight is 393 g/mol. The lowest BCUT2D eigenvalue weighted by atomic mass is 10.2. The zero-order valence-corrected chi connectivity index (χ0v) is 16.2. The zero-order valence-electron chi connectivity index (χ0n) is 16.2. The van der Waals surface area contributed by atoms with Crippen LogP contribution < -0.4 is 15.4 Å². The van der Waals surface area contributed by atoms with Crippen molar-refractivity contribution < 1.29 is 14.1 Å². The van der Waals surface area contributed by atoms with Crippen LogP contribution in [0.15, 0.2) is 59.1 Å². The summed E-state index contributed by atoms with van der Waals surface area (Å²) in [5.41, 5.74) is 1.60. The molecule has 2 heterocycles. The Morgan fingerprint density at radius 3 is 2.93 bits per heavy atom. The number of hydrogen-bond acceptors (Lipinski definition) is 6. The van der Waals surface area contributed by atoms with Crippen molar-refractivity contribution in [2.24, 2.45) is 0 Å². The third kappa shape index (κ3) is 4.91. The summed E-state index contributed by atoms with van der Waals surface area (Å²) in [4.78, 5) is 18.9. The van der Waals surface area contributed by atoms with Crippen LogP contribution in [-0.2, 0) is 6.54 Å². The van der Waals surface area contributed by atoms with E-state index in [-0.39, 0.29) is 12.1 Å². The highest BCUT2D eigenvalue weighted by molar-refractivity contribution is 5.89. The predicted octanol–water partition coefficient (Wildman–Crippen LogP) is 3.14. The van der Waals surface area contributed by atoms with E-state index in [1.165, 1.54) is 0 Å². The Labute approximate surface area is 168 Å². The summed E-state index contributed by atoms with van der Waals surface area (Å²) in [5.74, 6) is 1.86. The lowest BCUT2D eigenvalue weighted by molar-refractivity contribution is 0.247. The summed E-state index contributed by atoms with van der Waals surface area (Å²) < 4.78 is 10.5. The standard InChI is InChI=1S/C21H23N5O3/c1-28-18-9-5-8-16(12-18)22-21(27)23-17-10-11-26(13-17)14-19-24-20(29-25-19)15-6-3-2-4-7-15/h2-9,12,17H,10-11,13-14H2,1H3,(H2,22,23,27)/t17-/m0/s1. The molecule has 2 amide bonds. The van der Waals surface area contributed by atoms with Crippen molar-refractivity contribution in [1.82, 2.24) is 20.4 Å². The Balaban J connectivity index is 1.27. The Morgan fingerprint density at radius 1 is 1.24 bits per heavy atom. The molecule has 0 spiro atoms. The van der Waals surface area contributed by atoms with Crippen LogP contribution in [0, 0.1) is 0 Å². The minimum Gasteiger partial charge on any atom is -0.497 e. The number of rotatable bonds is 6. The molecule has 0 radical (unpaired) electrons. The number of nitrogens with one attached hydrogen (secondary N) is 2. The van der Waals surface area contributed by atoms with E-state index in [9.17, 15) is 4.79 Å². The molecule has 4 rings (SSSR count). The second-order valence-electron chi connectivity index (χ2n) is 6.93. The first-order valence-corrected chi connectivity index (χ1v) is 9.51. The second kappa shape index (κ2) is 8.74. The van der Waals surface area contributed by atoms with E-state index in [1.807, 2.05) is 48.5 Å². The number of carbonyl (C=O) groups excluding carboxylic acids is 1. The van der Waals surface area contributed by atoms with Gasteiger partial charge in [-0.15, -0.1) is 0 Å². The average Bonchev–Trinajstić information content (AvgIpc) is 3.38. The van der Waals surface area contributed by atoms with Gasteiger partial charge >= 0.3 is 6.03 Å². The van der Waals surface area contributed by atoms with Gasteiger partial charge < -0.3 is 19.9 Å². The Bertz CT molecular complexity index is 960. The molecule has 0 unspecified atom stereocenters. The highest BCUT2D eigenvalue weighted by Gasteiger charge is 2.25. The fraction of sp³-hybridized carbons (Fsp3) is 0.286. The van der Waals surface area contributed by atoms with Crippen LogP contribution in [0.1, 0.15) is 12.2 Å². The van der Waals surface area contributed by atoms with Crippen molar-refractivity contribution in [3.8, 4) is 17.2 Å². The Kier molecular flexibility index (Phi) is 5.71. The van der Waals surface area contributed by atoms with Gasteiger partial charge in [0, 0.05) is 36.4 Å². The molecule has 150 valence electrons. The number of anilines is 1. The highest BCUT2D eigenvalue weighted by Crippen LogP contribution is 2.19. The topological polar surface area (TPSA) is 92.5 Å². The second-order valence-corrected chi connectivity index (χ2v) is 6.93. The SMILES string of the molecule is COc1cccc(NC(=O)N[C@H]2CCN(Cc3noc(-c4ccccc4)n3)C2)c1. The summed E-state index contributed by atoms with van der Waals surface area (Å²) in [6.07, 6.45) is 0.870. The molecule has 0 bridgehead atoms. The maximum atomic E-state index is 12.3. The van der Waals surface area contributed by atoms with Gasteiger partial charge in [-0.1, -0.05) is 29.4 Å². The summed E-state index contributed by atoms with van der Waals surface area (Å²) in [5, 5.41) is 9.93. The first-order valence-electron chi connectivity index (χ1n) is 9.51. The molecule has 29 heavy (non-hydrogen) atoms. The lowest BCUT2D eigenvalue weighted by Crippen LogP contribution is -2.39. The van der Waals surface area contributed by atoms with Crippen LogP contribution in [0.25, 0.3) is 11.5 Å². The van der Waals surface area contributed by atoms with Crippen molar-refractivity contribution in [3.05, 3.63) is 60.4 Å². The minimum absolute atomic E-state index is 0.0705. The molecular weight excluding hydrogens is 370 g/mol. The van der Waals surface area contributed by atoms with Gasteiger partial charge in [0.25, 0.3) is 5.89 Å². The number of aromatic nitrogens is 2. The first kappa shape index (κ1) is 18.9. The molecule has 1 aliphatic rings. The molecule has 1 atom stereocenters. The minimum atomic E-state index is -0.226. The molecular formula is C21H23N5O3. The van der Waals surface area contributed by atoms with Gasteiger partial charge in [0.2, 0.25) is 0 Å². The van der Waals surface area contributed by atoms with Crippen molar-refractivity contribution >= 4 is 11.7 Å². The molecule has 3 aromatic rings. The summed E-state index contributed by atoms with van der Waals surface area (Å²) >= 11 is 0. The number of amides is 2. The van der Waals surface area contributed by atoms with Crippen LogP contribution >= 0.6 is 0 Å². The molecule has 0 aliphatic carbocycles. The number of nitrogens with zero attached hydrogens (tertiary/aromatic N) is 3. The number of benzene rings is 2. The van der Waals surface area contributed by atoms with Crippen LogP contribution in [0.3, 0.4) is 0 Å². The fourth-order valence-electron chi connectivity index (χ4n) is 3.36. The number of ether oxygens (including phenoxy) is 1. The number of methoxy groups -OCH3 is 1. The third-order valence-corrected chi connectivity index (χ3v) is 4.79. The number of hydrogen-bond donors (Lipinski definition) is 2. The van der Waals surface area contributed by atoms with Crippen LogP contribution in [-0.4, -0.2) is 47.3 Å². The van der Waals surface area contributed by atoms with Gasteiger partial charge in [0.05, 0.1) is 13.7 Å². The van der Waals surface area contributed by atoms with E-state index in [1.54, 1.807) is 13.2 Å². The van der Waals surface area contributed by atoms with Crippen LogP contribution in [0.5, 0.6) is 5.75 Å². The molecule has 1 aliphatic heterocycles. The molecule has 2 aromatic carbocycles. The largest absolute Gasteiger partial charge is 0.497 e. The smallest absolute Gasteiger partial charge is 0.319 e. The van der Waals surface area contributed by atoms with E-state index < -0.39 is 0 Å². The molecule has 1 saturated heterocycles. The summed E-state index contributed by atoms with van der Waals surface area (Å²) in [6, 6.07) is 16.8. The van der Waals surface area contributed by atoms with E-state index >= 15 is 0 Å². The van der Waals surface area contributed by atoms with Crippen LogP contribution in [0.2, 0.25) is 0 Å². The van der Waals surface area contributed by atoms with Crippen molar-refractivity contribution in [1.29, 1.82) is 0 Å². The molecule has 1 fully saturated rings. The van der Waals surface area contributed by atoms with Crippen LogP contribution in [0.4, 0.5) is 10.5 Å². The van der Waals surface area contributed by atoms with E-state index in [4.69, 9.17) is 9.26 Å². The number of likely N-dealkylation sites (tertiary alicyclic amines) is 1. The van der Waals surface area contributed by atoms with Gasteiger partial charge in [0.1, 0.15) is 5.75 Å². The van der Waals surface area contributed by atoms with Gasteiger partial charge in [-0.25, -0.2) is 4.79 Å². The predicted molar refractivity (Wildman–Crippen MR) is 109 cm³/mol. The summed E-state index contributed by atoms with van der Waals surface area (Å²) in [6.45, 7) is 2.19. The molecule has 8 nitrogen and oxygen atoms in total. The third-order valence-electron chi connectivity index (χ3n) is 4.79. The monoisotopic (exact) mass is 393 g/mol. The first-order chi connectivity index (χ1) is 14.2. The van der Waals surface area contributed by atoms with Gasteiger partial charge in [-0.2, -0.15) is 4.98 Å². The van der Waals surface area contributed by atoms with Crippen molar-refractivity contribution in [2.45, 2.75) is 19.0 Å². The number of carbonyl (C=O) groups is 1. The fourth-order valence-corrected chi connectivity index (χ4v) is 3.36. The number of urea groups is 1. The summed E-state index contributed by atoms with van der Waals surface area (Å²) in [7, 11) is 1.60. The normalized spacial score (nSPS) is 16.5. The van der Waals surface area contributed by atoms with E-state index in [2.05, 4.69) is 25.7 Å². The van der Waals surface area contributed by atoms with Gasteiger partial charge in [-0.05, 0) is 30.7 Å². The van der Waals surface area contributed by atoms with E-state index in [0.29, 0.717) is 29.7 Å². The van der Waals surface area contributed by atoms with E-state index in [0.717, 1.165) is 25.1 Å². The van der Waals surface area contributed by atoms with Gasteiger partial charge in [-0.3, -0.25) is 4.90 Å². The highest BCUT2D eigenvalue weighted by atomic mass is 16.5. The quantitative estimate of drug-likeness (QED) is 0.668. The maximum absolute atomic E-state index is 12.3. The molecule has 1 aromatic heterocycles. The Morgan fingerprint density at radius 2 is 2.10 bits per heavy atom. The zero-order chi connectivity index (χ0) is 20.1. The maximum Gasteiger partial charge on any atom is 0.319 e. The van der Waals surface area contributed by atoms with Crippen molar-refractivity contribution in [2.75, 3.05) is 25.5 Å². The lowest BCUT2D eigenvalue weighted by Gasteiger charge is -2.15. The molecule has 2 N–H and O–H groups in total. The van der Waals surface area contributed by atoms with Gasteiger partial charge in [0.15, 0.2) is 5.82 Å².